The van der Waals surface area contributed by atoms with Crippen LogP contribution in [0.25, 0.3) is 0 Å². The molecule has 30 heavy (non-hydrogen) atoms. The molecule has 0 bridgehead atoms. The predicted octanol–water partition coefficient (Wildman–Crippen LogP) is 0.0390. The van der Waals surface area contributed by atoms with Gasteiger partial charge in [0.1, 0.15) is 0 Å². The summed E-state index contributed by atoms with van der Waals surface area (Å²) in [4.78, 5) is 31.3. The first-order chi connectivity index (χ1) is 14.3. The second-order valence-corrected chi connectivity index (χ2v) is 10.2. The Hall–Kier alpha value is -2.17. The number of morpholine rings is 1. The molecule has 0 aliphatic carbocycles. The number of benzene rings is 1. The number of nitrogens with zero attached hydrogens (tertiary/aromatic N) is 3. The Kier molecular flexibility index (Phi) is 7.32. The Morgan fingerprint density at radius 3 is 2.50 bits per heavy atom. The molecule has 2 fully saturated rings. The van der Waals surface area contributed by atoms with Crippen molar-refractivity contribution in [1.82, 2.24) is 9.80 Å². The molecule has 2 saturated heterocycles. The molecular weight excluding hydrogens is 408 g/mol. The van der Waals surface area contributed by atoms with E-state index in [9.17, 15) is 18.0 Å². The van der Waals surface area contributed by atoms with Crippen molar-refractivity contribution in [3.05, 3.63) is 24.3 Å². The zero-order valence-corrected chi connectivity index (χ0v) is 18.4. The molecule has 9 nitrogen and oxygen atoms in total. The van der Waals surface area contributed by atoms with Gasteiger partial charge in [0.15, 0.2) is 9.84 Å². The Morgan fingerprint density at radius 1 is 1.17 bits per heavy atom. The number of ether oxygens (including phenoxy) is 1. The third-order valence-electron chi connectivity index (χ3n) is 5.40. The van der Waals surface area contributed by atoms with Gasteiger partial charge in [-0.25, -0.2) is 8.42 Å². The molecular formula is C20H30N4O5S. The van der Waals surface area contributed by atoms with E-state index in [1.165, 1.54) is 4.90 Å². The fraction of sp³-hybridized carbons (Fsp3) is 0.600. The van der Waals surface area contributed by atoms with Gasteiger partial charge in [-0.3, -0.25) is 9.59 Å². The van der Waals surface area contributed by atoms with Gasteiger partial charge >= 0.3 is 11.8 Å². The summed E-state index contributed by atoms with van der Waals surface area (Å²) in [5, 5.41) is 2.74. The second-order valence-electron chi connectivity index (χ2n) is 7.93. The summed E-state index contributed by atoms with van der Waals surface area (Å²) >= 11 is 0. The lowest BCUT2D eigenvalue weighted by Gasteiger charge is -2.31. The largest absolute Gasteiger partial charge is 0.378 e. The maximum Gasteiger partial charge on any atom is 0.313 e. The summed E-state index contributed by atoms with van der Waals surface area (Å²) in [5.74, 6) is -1.50. The van der Waals surface area contributed by atoms with Crippen LogP contribution in [0.1, 0.15) is 6.42 Å². The van der Waals surface area contributed by atoms with Crippen LogP contribution in [0.4, 0.5) is 11.4 Å². The fourth-order valence-electron chi connectivity index (χ4n) is 3.74. The predicted molar refractivity (Wildman–Crippen MR) is 115 cm³/mol. The summed E-state index contributed by atoms with van der Waals surface area (Å²) in [6, 6.07) is 6.88. The number of anilines is 2. The Labute approximate surface area is 177 Å². The second kappa shape index (κ2) is 9.76. The van der Waals surface area contributed by atoms with Crippen molar-refractivity contribution < 1.29 is 22.7 Å². The quantitative estimate of drug-likeness (QED) is 0.626. The summed E-state index contributed by atoms with van der Waals surface area (Å²) < 4.78 is 29.2. The molecule has 0 aromatic heterocycles. The van der Waals surface area contributed by atoms with Gasteiger partial charge < -0.3 is 24.8 Å². The molecule has 0 spiro atoms. The highest BCUT2D eigenvalue weighted by atomic mass is 32.2. The number of carbonyl (C=O) groups excluding carboxylic acids is 2. The van der Waals surface area contributed by atoms with E-state index in [1.54, 1.807) is 12.1 Å². The average Bonchev–Trinajstić information content (AvgIpc) is 3.08. The number of amides is 2. The lowest BCUT2D eigenvalue weighted by molar-refractivity contribution is -0.144. The van der Waals surface area contributed by atoms with E-state index in [2.05, 4.69) is 10.2 Å². The molecule has 1 atom stereocenters. The van der Waals surface area contributed by atoms with E-state index >= 15 is 0 Å². The number of para-hydroxylation sites is 2. The van der Waals surface area contributed by atoms with Gasteiger partial charge in [0.2, 0.25) is 0 Å². The topological polar surface area (TPSA) is 99.3 Å². The van der Waals surface area contributed by atoms with E-state index in [1.807, 2.05) is 31.1 Å². The van der Waals surface area contributed by atoms with Crippen LogP contribution in [0.3, 0.4) is 0 Å². The van der Waals surface area contributed by atoms with Gasteiger partial charge in [0.25, 0.3) is 0 Å². The van der Waals surface area contributed by atoms with E-state index in [0.29, 0.717) is 51.5 Å². The number of likely N-dealkylation sites (N-methyl/N-ethyl adjacent to an activating group) is 1. The Bertz CT molecular complexity index is 868. The number of rotatable bonds is 6. The Balaban J connectivity index is 1.74. The smallest absolute Gasteiger partial charge is 0.313 e. The third-order valence-corrected chi connectivity index (χ3v) is 7.15. The van der Waals surface area contributed by atoms with E-state index in [-0.39, 0.29) is 11.5 Å². The van der Waals surface area contributed by atoms with Crippen LogP contribution in [0.2, 0.25) is 0 Å². The normalized spacial score (nSPS) is 20.9. The van der Waals surface area contributed by atoms with Gasteiger partial charge in [0, 0.05) is 32.2 Å². The highest BCUT2D eigenvalue weighted by molar-refractivity contribution is 7.91. The van der Waals surface area contributed by atoms with Crippen molar-refractivity contribution in [2.24, 2.45) is 0 Å². The van der Waals surface area contributed by atoms with Crippen molar-refractivity contribution in [2.75, 3.05) is 75.2 Å². The molecule has 2 aliphatic rings. The average molecular weight is 439 g/mol. The summed E-state index contributed by atoms with van der Waals surface area (Å²) in [6.07, 6.45) is 0.360. The van der Waals surface area contributed by atoms with E-state index in [4.69, 9.17) is 4.74 Å². The van der Waals surface area contributed by atoms with E-state index in [0.717, 1.165) is 5.69 Å². The summed E-state index contributed by atoms with van der Waals surface area (Å²) in [6.45, 7) is 3.46. The number of hydrogen-bond donors (Lipinski definition) is 1. The third kappa shape index (κ3) is 5.71. The molecule has 10 heteroatoms. The molecule has 1 unspecified atom stereocenters. The molecule has 1 aromatic rings. The standard InChI is InChI=1S/C20H30N4O5S/c1-22(2)8-9-24(16-7-14-30(27,28)15-16)20(26)19(25)21-17-5-3-4-6-18(17)23-10-12-29-13-11-23/h3-6,16H,7-15H2,1-2H3,(H,21,25). The first kappa shape index (κ1) is 22.5. The van der Waals surface area contributed by atoms with Gasteiger partial charge in [-0.15, -0.1) is 0 Å². The van der Waals surface area contributed by atoms with Crippen LogP contribution in [0.15, 0.2) is 24.3 Å². The Morgan fingerprint density at radius 2 is 1.87 bits per heavy atom. The lowest BCUT2D eigenvalue weighted by atomic mass is 10.2. The first-order valence-corrected chi connectivity index (χ1v) is 12.0. The van der Waals surface area contributed by atoms with Gasteiger partial charge in [0.05, 0.1) is 36.1 Å². The molecule has 0 radical (unpaired) electrons. The van der Waals surface area contributed by atoms with Crippen LogP contribution in [0.5, 0.6) is 0 Å². The lowest BCUT2D eigenvalue weighted by Crippen LogP contribution is -2.49. The molecule has 2 amide bonds. The van der Waals surface area contributed by atoms with Crippen molar-refractivity contribution in [3.8, 4) is 0 Å². The maximum atomic E-state index is 13.0. The zero-order chi connectivity index (χ0) is 21.7. The molecule has 166 valence electrons. The minimum absolute atomic E-state index is 0.0465. The van der Waals surface area contributed by atoms with Crippen LogP contribution in [0, 0.1) is 0 Å². The van der Waals surface area contributed by atoms with Crippen molar-refractivity contribution >= 4 is 33.0 Å². The molecule has 2 aliphatic heterocycles. The van der Waals surface area contributed by atoms with E-state index < -0.39 is 27.7 Å². The number of nitrogens with one attached hydrogen (secondary N) is 1. The highest BCUT2D eigenvalue weighted by Crippen LogP contribution is 2.26. The molecule has 0 saturated carbocycles. The van der Waals surface area contributed by atoms with Crippen molar-refractivity contribution in [3.63, 3.8) is 0 Å². The molecule has 2 heterocycles. The number of carbonyl (C=O) groups is 2. The summed E-state index contributed by atoms with van der Waals surface area (Å²) in [7, 11) is 0.559. The van der Waals surface area contributed by atoms with Gasteiger partial charge in [-0.1, -0.05) is 12.1 Å². The maximum absolute atomic E-state index is 13.0. The fourth-order valence-corrected chi connectivity index (χ4v) is 5.48. The molecule has 1 N–H and O–H groups in total. The van der Waals surface area contributed by atoms with Crippen LogP contribution in [-0.4, -0.2) is 101 Å². The van der Waals surface area contributed by atoms with Gasteiger partial charge in [-0.2, -0.15) is 0 Å². The number of hydrogen-bond acceptors (Lipinski definition) is 7. The SMILES string of the molecule is CN(C)CCN(C(=O)C(=O)Nc1ccccc1N1CCOCC1)C1CCS(=O)(=O)C1. The van der Waals surface area contributed by atoms with Crippen LogP contribution < -0.4 is 10.2 Å². The minimum Gasteiger partial charge on any atom is -0.378 e. The first-order valence-electron chi connectivity index (χ1n) is 10.2. The monoisotopic (exact) mass is 438 g/mol. The molecule has 3 rings (SSSR count). The van der Waals surface area contributed by atoms with Crippen LogP contribution >= 0.6 is 0 Å². The zero-order valence-electron chi connectivity index (χ0n) is 17.5. The summed E-state index contributed by atoms with van der Waals surface area (Å²) in [5.41, 5.74) is 1.40. The van der Waals surface area contributed by atoms with Crippen molar-refractivity contribution in [2.45, 2.75) is 12.5 Å². The van der Waals surface area contributed by atoms with Crippen molar-refractivity contribution in [1.29, 1.82) is 0 Å². The van der Waals surface area contributed by atoms with Gasteiger partial charge in [-0.05, 0) is 32.6 Å². The number of sulfone groups is 1. The van der Waals surface area contributed by atoms with Crippen LogP contribution in [-0.2, 0) is 24.2 Å². The molecule has 1 aromatic carbocycles. The minimum atomic E-state index is -3.18. The highest BCUT2D eigenvalue weighted by Gasteiger charge is 2.36.